The molecule has 5 rings (SSSR count). The number of hydrogen-bond donors (Lipinski definition) is 0. The molecule has 0 radical (unpaired) electrons. The summed E-state index contributed by atoms with van der Waals surface area (Å²) >= 11 is 12.3. The second-order valence-electron chi connectivity index (χ2n) is 12.6. The van der Waals surface area contributed by atoms with Crippen LogP contribution >= 0.6 is 23.2 Å². The van der Waals surface area contributed by atoms with Crippen molar-refractivity contribution in [3.8, 4) is 23.3 Å². The lowest BCUT2D eigenvalue weighted by atomic mass is 9.77. The largest absolute Gasteiger partial charge is 0.423 e. The summed E-state index contributed by atoms with van der Waals surface area (Å²) in [7, 11) is 0. The first-order valence-corrected chi connectivity index (χ1v) is 17.9. The Morgan fingerprint density at radius 3 is 1.80 bits per heavy atom. The highest BCUT2D eigenvalue weighted by atomic mass is 35.5. The molecule has 0 spiro atoms. The molecule has 0 bridgehead atoms. The van der Waals surface area contributed by atoms with E-state index in [1.807, 2.05) is 30.3 Å². The molecule has 0 amide bonds. The summed E-state index contributed by atoms with van der Waals surface area (Å²) in [6.07, 6.45) is 13.0. The first-order chi connectivity index (χ1) is 24.2. The van der Waals surface area contributed by atoms with E-state index in [9.17, 15) is 14.4 Å². The average molecular weight is 713 g/mol. The van der Waals surface area contributed by atoms with E-state index in [1.54, 1.807) is 0 Å². The molecule has 1 aliphatic rings. The number of nitriles is 1. The summed E-state index contributed by atoms with van der Waals surface area (Å²) in [6, 6.07) is 24.0. The quantitative estimate of drug-likeness (QED) is 0.0772. The zero-order valence-corrected chi connectivity index (χ0v) is 29.5. The molecule has 0 heterocycles. The van der Waals surface area contributed by atoms with E-state index in [0.717, 1.165) is 5.92 Å². The lowest BCUT2D eigenvalue weighted by Crippen LogP contribution is -2.14. The van der Waals surface area contributed by atoms with Crippen molar-refractivity contribution >= 4 is 41.1 Å². The molecule has 1 fully saturated rings. The fourth-order valence-electron chi connectivity index (χ4n) is 6.24. The SMILES string of the molecule is CCCCCCCC1CCC(c2ccc(C(=O)Oc3ccc(C(=O)Oc4ccc(C(=O)Oc5ccc(C#N)c(Cl)c5)c(Cl)c4)cc3)cc2)CC1. The molecule has 258 valence electrons. The minimum absolute atomic E-state index is 0.00575. The molecule has 0 saturated heterocycles. The van der Waals surface area contributed by atoms with Crippen molar-refractivity contribution < 1.29 is 28.6 Å². The first-order valence-electron chi connectivity index (χ1n) is 17.1. The van der Waals surface area contributed by atoms with E-state index in [2.05, 4.69) is 6.92 Å². The standard InChI is InChI=1S/C41H39Cl2NO6/c1-2-3-4-5-6-7-27-8-10-28(11-9-27)29-12-14-30(15-13-29)39(45)48-33-19-16-31(17-20-33)40(46)49-35-22-23-36(38(43)25-35)41(47)50-34-21-18-32(26-44)37(42)24-34/h12-25,27-28H,2-11H2,1H3. The topological polar surface area (TPSA) is 103 Å². The van der Waals surface area contributed by atoms with Crippen molar-refractivity contribution in [3.05, 3.63) is 123 Å². The van der Waals surface area contributed by atoms with Crippen LogP contribution in [0.3, 0.4) is 0 Å². The number of nitrogens with zero attached hydrogens (tertiary/aromatic N) is 1. The Balaban J connectivity index is 1.09. The monoisotopic (exact) mass is 711 g/mol. The maximum absolute atomic E-state index is 12.8. The number of benzene rings is 4. The molecule has 1 saturated carbocycles. The van der Waals surface area contributed by atoms with Crippen LogP contribution in [0.2, 0.25) is 10.0 Å². The van der Waals surface area contributed by atoms with Gasteiger partial charge in [-0.15, -0.1) is 0 Å². The van der Waals surface area contributed by atoms with Gasteiger partial charge in [-0.25, -0.2) is 14.4 Å². The van der Waals surface area contributed by atoms with Gasteiger partial charge in [0.1, 0.15) is 23.3 Å². The minimum atomic E-state index is -0.754. The second-order valence-corrected chi connectivity index (χ2v) is 13.4. The number of esters is 3. The van der Waals surface area contributed by atoms with Crippen LogP contribution in [0.25, 0.3) is 0 Å². The number of ether oxygens (including phenoxy) is 3. The van der Waals surface area contributed by atoms with Crippen LogP contribution in [-0.4, -0.2) is 17.9 Å². The van der Waals surface area contributed by atoms with Gasteiger partial charge in [0.15, 0.2) is 0 Å². The highest BCUT2D eigenvalue weighted by Gasteiger charge is 2.23. The summed E-state index contributed by atoms with van der Waals surface area (Å²) in [5, 5.41) is 9.16. The van der Waals surface area contributed by atoms with E-state index in [1.165, 1.54) is 130 Å². The van der Waals surface area contributed by atoms with Gasteiger partial charge in [0.05, 0.1) is 32.3 Å². The molecule has 0 unspecified atom stereocenters. The van der Waals surface area contributed by atoms with E-state index in [4.69, 9.17) is 42.7 Å². The molecule has 9 heteroatoms. The number of rotatable bonds is 13. The van der Waals surface area contributed by atoms with Crippen molar-refractivity contribution in [2.75, 3.05) is 0 Å². The van der Waals surface area contributed by atoms with Crippen molar-refractivity contribution in [1.82, 2.24) is 0 Å². The smallest absolute Gasteiger partial charge is 0.345 e. The summed E-state index contributed by atoms with van der Waals surface area (Å²) in [4.78, 5) is 38.3. The fourth-order valence-corrected chi connectivity index (χ4v) is 6.70. The number of carbonyl (C=O) groups is 3. The molecule has 4 aromatic carbocycles. The third kappa shape index (κ3) is 9.97. The van der Waals surface area contributed by atoms with Gasteiger partial charge >= 0.3 is 17.9 Å². The molecule has 4 aromatic rings. The normalized spacial score (nSPS) is 15.5. The predicted molar refractivity (Wildman–Crippen MR) is 193 cm³/mol. The molecule has 0 atom stereocenters. The number of carbonyl (C=O) groups excluding carboxylic acids is 3. The molecule has 50 heavy (non-hydrogen) atoms. The Morgan fingerprint density at radius 1 is 0.660 bits per heavy atom. The van der Waals surface area contributed by atoms with Crippen molar-refractivity contribution in [1.29, 1.82) is 5.26 Å². The highest BCUT2D eigenvalue weighted by molar-refractivity contribution is 6.34. The maximum atomic E-state index is 12.8. The van der Waals surface area contributed by atoms with Gasteiger partial charge in [-0.3, -0.25) is 0 Å². The highest BCUT2D eigenvalue weighted by Crippen LogP contribution is 2.38. The summed E-state index contributed by atoms with van der Waals surface area (Å²) in [6.45, 7) is 2.25. The summed E-state index contributed by atoms with van der Waals surface area (Å²) in [5.41, 5.74) is 2.24. The predicted octanol–water partition coefficient (Wildman–Crippen LogP) is 11.2. The number of unbranched alkanes of at least 4 members (excludes halogenated alkanes) is 4. The molecule has 1 aliphatic carbocycles. The van der Waals surface area contributed by atoms with Gasteiger partial charge in [-0.05, 0) is 104 Å². The van der Waals surface area contributed by atoms with Gasteiger partial charge in [-0.1, -0.05) is 80.8 Å². The second kappa shape index (κ2) is 17.8. The third-order valence-electron chi connectivity index (χ3n) is 9.12. The maximum Gasteiger partial charge on any atom is 0.345 e. The Morgan fingerprint density at radius 2 is 1.20 bits per heavy atom. The number of hydrogen-bond acceptors (Lipinski definition) is 7. The van der Waals surface area contributed by atoms with Crippen LogP contribution in [-0.2, 0) is 0 Å². The van der Waals surface area contributed by atoms with Crippen LogP contribution < -0.4 is 14.2 Å². The molecular weight excluding hydrogens is 673 g/mol. The van der Waals surface area contributed by atoms with Crippen LogP contribution in [0, 0.1) is 17.2 Å². The molecule has 0 aromatic heterocycles. The Hall–Kier alpha value is -4.64. The van der Waals surface area contributed by atoms with Gasteiger partial charge < -0.3 is 14.2 Å². The zero-order chi connectivity index (χ0) is 35.5. The summed E-state index contributed by atoms with van der Waals surface area (Å²) in [5.74, 6) is 0.0312. The number of halogens is 2. The molecule has 7 nitrogen and oxygen atoms in total. The van der Waals surface area contributed by atoms with Crippen LogP contribution in [0.5, 0.6) is 17.2 Å². The summed E-state index contributed by atoms with van der Waals surface area (Å²) < 4.78 is 16.3. The van der Waals surface area contributed by atoms with E-state index in [-0.39, 0.29) is 44.0 Å². The third-order valence-corrected chi connectivity index (χ3v) is 9.75. The van der Waals surface area contributed by atoms with Crippen molar-refractivity contribution in [2.45, 2.75) is 77.0 Å². The lowest BCUT2D eigenvalue weighted by molar-refractivity contribution is 0.0725. The van der Waals surface area contributed by atoms with Crippen LogP contribution in [0.4, 0.5) is 0 Å². The average Bonchev–Trinajstić information content (AvgIpc) is 3.12. The van der Waals surface area contributed by atoms with Gasteiger partial charge in [0, 0.05) is 12.1 Å². The Labute approximate surface area is 303 Å². The van der Waals surface area contributed by atoms with Crippen LogP contribution in [0.15, 0.2) is 84.9 Å². The Kier molecular flexibility index (Phi) is 13.1. The zero-order valence-electron chi connectivity index (χ0n) is 28.0. The van der Waals surface area contributed by atoms with Crippen molar-refractivity contribution in [3.63, 3.8) is 0 Å². The van der Waals surface area contributed by atoms with Crippen molar-refractivity contribution in [2.24, 2.45) is 5.92 Å². The van der Waals surface area contributed by atoms with E-state index >= 15 is 0 Å². The van der Waals surface area contributed by atoms with Gasteiger partial charge in [0.2, 0.25) is 0 Å². The van der Waals surface area contributed by atoms with Gasteiger partial charge in [0.25, 0.3) is 0 Å². The molecule has 0 aliphatic heterocycles. The first kappa shape index (κ1) is 36.6. The molecule has 0 N–H and O–H groups in total. The molecular formula is C41H39Cl2NO6. The van der Waals surface area contributed by atoms with Crippen LogP contribution in [0.1, 0.15) is 119 Å². The Bertz CT molecular complexity index is 1840. The lowest BCUT2D eigenvalue weighted by Gasteiger charge is -2.29. The van der Waals surface area contributed by atoms with Gasteiger partial charge in [-0.2, -0.15) is 5.26 Å². The van der Waals surface area contributed by atoms with E-state index in [0.29, 0.717) is 11.5 Å². The van der Waals surface area contributed by atoms with E-state index < -0.39 is 17.9 Å². The fraction of sp³-hybridized carbons (Fsp3) is 0.317. The minimum Gasteiger partial charge on any atom is -0.423 e.